The van der Waals surface area contributed by atoms with Crippen LogP contribution in [0.25, 0.3) is 0 Å². The molecule has 1 aromatic rings. The highest BCUT2D eigenvalue weighted by Gasteiger charge is 2.10. The first-order valence-corrected chi connectivity index (χ1v) is 4.66. The van der Waals surface area contributed by atoms with Gasteiger partial charge in [0.2, 0.25) is 0 Å². The topological polar surface area (TPSA) is 66.8 Å². The van der Waals surface area contributed by atoms with E-state index in [0.717, 1.165) is 0 Å². The van der Waals surface area contributed by atoms with E-state index in [-0.39, 0.29) is 17.9 Å². The second-order valence-corrected chi connectivity index (χ2v) is 3.53. The molecule has 0 radical (unpaired) electrons. The monoisotopic (exact) mass is 223 g/mol. The molecule has 0 unspecified atom stereocenters. The van der Waals surface area contributed by atoms with Crippen molar-refractivity contribution in [1.29, 1.82) is 0 Å². The first kappa shape index (κ1) is 12.2. The van der Waals surface area contributed by atoms with Crippen molar-refractivity contribution >= 4 is 11.9 Å². The van der Waals surface area contributed by atoms with E-state index in [1.807, 2.05) is 0 Å². The lowest BCUT2D eigenvalue weighted by atomic mass is 10.1. The Morgan fingerprint density at radius 3 is 2.50 bits per heavy atom. The molecule has 0 atom stereocenters. The predicted molar refractivity (Wildman–Crippen MR) is 57.4 cm³/mol. The second-order valence-electron chi connectivity index (χ2n) is 3.53. The number of ether oxygens (including phenoxy) is 1. The van der Waals surface area contributed by atoms with Crippen molar-refractivity contribution in [3.05, 3.63) is 35.4 Å². The van der Waals surface area contributed by atoms with E-state index >= 15 is 0 Å². The molecule has 0 saturated carbocycles. The highest BCUT2D eigenvalue weighted by Crippen LogP contribution is 2.07. The Bertz CT molecular complexity index is 401. The molecule has 5 nitrogen and oxygen atoms in total. The Morgan fingerprint density at radius 1 is 1.31 bits per heavy atom. The minimum Gasteiger partial charge on any atom is -0.478 e. The van der Waals surface area contributed by atoms with Crippen LogP contribution in [0.5, 0.6) is 0 Å². The normalized spacial score (nSPS) is 10.2. The maximum Gasteiger partial charge on any atom is 0.339 e. The summed E-state index contributed by atoms with van der Waals surface area (Å²) in [7, 11) is 3.53. The predicted octanol–water partition coefficient (Wildman–Crippen LogP) is 1.06. The number of benzene rings is 1. The van der Waals surface area contributed by atoms with Gasteiger partial charge in [0, 0.05) is 0 Å². The number of carbonyl (C=O) groups is 2. The third kappa shape index (κ3) is 3.36. The zero-order valence-electron chi connectivity index (χ0n) is 9.14. The Balaban J connectivity index is 2.76. The van der Waals surface area contributed by atoms with Crippen LogP contribution in [-0.2, 0) is 4.74 Å². The maximum absolute atomic E-state index is 11.5. The summed E-state index contributed by atoms with van der Waals surface area (Å²) in [4.78, 5) is 23.9. The average Bonchev–Trinajstić information content (AvgIpc) is 2.26. The Labute approximate surface area is 93.2 Å². The summed E-state index contributed by atoms with van der Waals surface area (Å²) in [5, 5.41) is 8.75. The molecule has 1 aromatic carbocycles. The number of rotatable bonds is 4. The Morgan fingerprint density at radius 2 is 1.94 bits per heavy atom. The van der Waals surface area contributed by atoms with Gasteiger partial charge in [-0.15, -0.1) is 0 Å². The number of carboxylic acids is 1. The molecule has 1 rings (SSSR count). The molecular formula is C11H13NO4. The lowest BCUT2D eigenvalue weighted by molar-refractivity contribution is 0.0319. The largest absolute Gasteiger partial charge is 0.478 e. The van der Waals surface area contributed by atoms with Crippen LogP contribution in [0, 0.1) is 0 Å². The van der Waals surface area contributed by atoms with Gasteiger partial charge in [-0.25, -0.2) is 9.59 Å². The molecule has 86 valence electrons. The number of hydrogen-bond donors (Lipinski definition) is 1. The second kappa shape index (κ2) is 5.27. The summed E-state index contributed by atoms with van der Waals surface area (Å²) < 4.78 is 4.92. The fraction of sp³-hybridized carbons (Fsp3) is 0.273. The van der Waals surface area contributed by atoms with Gasteiger partial charge in [-0.1, -0.05) is 6.07 Å². The fourth-order valence-corrected chi connectivity index (χ4v) is 1.05. The van der Waals surface area contributed by atoms with Crippen molar-refractivity contribution in [1.82, 2.24) is 4.90 Å². The molecule has 16 heavy (non-hydrogen) atoms. The third-order valence-electron chi connectivity index (χ3n) is 1.80. The summed E-state index contributed by atoms with van der Waals surface area (Å²) >= 11 is 0. The van der Waals surface area contributed by atoms with Gasteiger partial charge < -0.3 is 9.84 Å². The van der Waals surface area contributed by atoms with Crippen molar-refractivity contribution < 1.29 is 19.4 Å². The molecule has 0 heterocycles. The van der Waals surface area contributed by atoms with Crippen LogP contribution in [0.15, 0.2) is 24.3 Å². The molecule has 0 amide bonds. The van der Waals surface area contributed by atoms with Crippen LogP contribution >= 0.6 is 0 Å². The zero-order chi connectivity index (χ0) is 12.1. The van der Waals surface area contributed by atoms with Crippen LogP contribution in [0.3, 0.4) is 0 Å². The summed E-state index contributed by atoms with van der Waals surface area (Å²) in [5.74, 6) is -1.60. The number of esters is 1. The molecule has 0 aliphatic rings. The first-order valence-electron chi connectivity index (χ1n) is 4.66. The quantitative estimate of drug-likeness (QED) is 0.610. The van der Waals surface area contributed by atoms with E-state index in [2.05, 4.69) is 0 Å². The van der Waals surface area contributed by atoms with Crippen LogP contribution < -0.4 is 0 Å². The molecule has 0 spiro atoms. The Hall–Kier alpha value is -1.88. The van der Waals surface area contributed by atoms with E-state index in [0.29, 0.717) is 0 Å². The molecule has 0 saturated heterocycles. The molecule has 5 heteroatoms. The number of carbonyl (C=O) groups excluding carboxylic acids is 1. The van der Waals surface area contributed by atoms with E-state index in [4.69, 9.17) is 9.84 Å². The van der Waals surface area contributed by atoms with Crippen LogP contribution in [0.1, 0.15) is 20.7 Å². The fourth-order valence-electron chi connectivity index (χ4n) is 1.05. The van der Waals surface area contributed by atoms with E-state index in [1.165, 1.54) is 24.3 Å². The van der Waals surface area contributed by atoms with Crippen molar-refractivity contribution in [2.75, 3.05) is 20.8 Å². The van der Waals surface area contributed by atoms with Crippen molar-refractivity contribution in [3.8, 4) is 0 Å². The average molecular weight is 223 g/mol. The van der Waals surface area contributed by atoms with E-state index in [9.17, 15) is 9.59 Å². The van der Waals surface area contributed by atoms with Crippen molar-refractivity contribution in [2.45, 2.75) is 0 Å². The first-order chi connectivity index (χ1) is 7.50. The van der Waals surface area contributed by atoms with Gasteiger partial charge >= 0.3 is 11.9 Å². The van der Waals surface area contributed by atoms with Gasteiger partial charge in [0.15, 0.2) is 0 Å². The van der Waals surface area contributed by atoms with Gasteiger partial charge in [0.25, 0.3) is 0 Å². The lowest BCUT2D eigenvalue weighted by Crippen LogP contribution is -2.19. The minimum atomic E-state index is -1.07. The van der Waals surface area contributed by atoms with Crippen LogP contribution in [0.2, 0.25) is 0 Å². The summed E-state index contributed by atoms with van der Waals surface area (Å²) in [6, 6.07) is 5.74. The minimum absolute atomic E-state index is 0.0688. The van der Waals surface area contributed by atoms with Gasteiger partial charge in [0.05, 0.1) is 11.1 Å². The molecule has 0 aromatic heterocycles. The van der Waals surface area contributed by atoms with Gasteiger partial charge in [-0.05, 0) is 32.3 Å². The number of carboxylic acid groups (broad SMARTS) is 1. The van der Waals surface area contributed by atoms with Gasteiger partial charge in [-0.3, -0.25) is 4.90 Å². The molecule has 0 aliphatic carbocycles. The number of aromatic carboxylic acids is 1. The third-order valence-corrected chi connectivity index (χ3v) is 1.80. The molecule has 0 fully saturated rings. The SMILES string of the molecule is CN(C)COC(=O)c1cccc(C(=O)O)c1. The molecule has 1 N–H and O–H groups in total. The van der Waals surface area contributed by atoms with Crippen molar-refractivity contribution in [3.63, 3.8) is 0 Å². The van der Waals surface area contributed by atoms with E-state index in [1.54, 1.807) is 19.0 Å². The van der Waals surface area contributed by atoms with Crippen molar-refractivity contribution in [2.24, 2.45) is 0 Å². The molecular weight excluding hydrogens is 210 g/mol. The van der Waals surface area contributed by atoms with Gasteiger partial charge in [-0.2, -0.15) is 0 Å². The van der Waals surface area contributed by atoms with Gasteiger partial charge in [0.1, 0.15) is 6.73 Å². The molecule has 0 aliphatic heterocycles. The number of hydrogen-bond acceptors (Lipinski definition) is 4. The highest BCUT2D eigenvalue weighted by atomic mass is 16.5. The zero-order valence-corrected chi connectivity index (χ0v) is 9.14. The lowest BCUT2D eigenvalue weighted by Gasteiger charge is -2.10. The van der Waals surface area contributed by atoms with Crippen LogP contribution in [0.4, 0.5) is 0 Å². The van der Waals surface area contributed by atoms with Crippen LogP contribution in [-0.4, -0.2) is 42.8 Å². The standard InChI is InChI=1S/C11H13NO4/c1-12(2)7-16-11(15)9-5-3-4-8(6-9)10(13)14/h3-6H,7H2,1-2H3,(H,13,14). The summed E-state index contributed by atoms with van der Waals surface area (Å²) in [6.07, 6.45) is 0. The number of nitrogens with zero attached hydrogens (tertiary/aromatic N) is 1. The van der Waals surface area contributed by atoms with E-state index < -0.39 is 11.9 Å². The summed E-state index contributed by atoms with van der Waals surface area (Å²) in [6.45, 7) is 0.163. The Kier molecular flexibility index (Phi) is 4.02. The highest BCUT2D eigenvalue weighted by molar-refractivity contribution is 5.94. The molecule has 0 bridgehead atoms. The smallest absolute Gasteiger partial charge is 0.339 e. The summed E-state index contributed by atoms with van der Waals surface area (Å²) in [5.41, 5.74) is 0.307. The maximum atomic E-state index is 11.5.